The molecule has 0 saturated carbocycles. The molecular formula is C9H6F8N4O11. The van der Waals surface area contributed by atoms with Gasteiger partial charge in [-0.1, -0.05) is 8.78 Å². The molecule has 0 fully saturated rings. The molecule has 0 aromatic heterocycles. The van der Waals surface area contributed by atoms with Crippen LogP contribution in [0, 0.1) is 40.5 Å². The maximum Gasteiger partial charge on any atom is 0.617 e. The zero-order chi connectivity index (χ0) is 25.9. The van der Waals surface area contributed by atoms with E-state index in [1.54, 1.807) is 0 Å². The topological polar surface area (TPSA) is 208 Å². The van der Waals surface area contributed by atoms with E-state index in [9.17, 15) is 80.4 Å². The molecule has 0 aliphatic carbocycles. The van der Waals surface area contributed by atoms with Gasteiger partial charge in [0.05, 0.1) is 0 Å². The van der Waals surface area contributed by atoms with Gasteiger partial charge < -0.3 is 9.47 Å². The Labute approximate surface area is 166 Å². The second-order valence-electron chi connectivity index (χ2n) is 5.42. The molecule has 32 heavy (non-hydrogen) atoms. The summed E-state index contributed by atoms with van der Waals surface area (Å²) in [5.74, 6) is -10.3. The molecule has 0 heterocycles. The Hall–Kier alpha value is -3.69. The number of carbonyl (C=O) groups is 1. The molecule has 2 unspecified atom stereocenters. The van der Waals surface area contributed by atoms with Gasteiger partial charge >= 0.3 is 30.3 Å². The van der Waals surface area contributed by atoms with Gasteiger partial charge in [-0.3, -0.25) is 40.5 Å². The highest BCUT2D eigenvalue weighted by molar-refractivity contribution is 5.60. The summed E-state index contributed by atoms with van der Waals surface area (Å²) in [6.45, 7) is 0. The first-order chi connectivity index (χ1) is 14.1. The third kappa shape index (κ3) is 6.66. The van der Waals surface area contributed by atoms with Crippen molar-refractivity contribution in [3.8, 4) is 0 Å². The van der Waals surface area contributed by atoms with Crippen LogP contribution >= 0.6 is 0 Å². The van der Waals surface area contributed by atoms with Crippen LogP contribution in [-0.4, -0.2) is 62.2 Å². The molecule has 0 saturated heterocycles. The molecule has 0 bridgehead atoms. The summed E-state index contributed by atoms with van der Waals surface area (Å²) in [6, 6.07) is 0. The van der Waals surface area contributed by atoms with Gasteiger partial charge in [0.25, 0.3) is 0 Å². The number of nitrogens with zero attached hydrogens (tertiary/aromatic N) is 4. The fraction of sp³-hybridized carbons (Fsp3) is 0.889. The third-order valence-corrected chi connectivity index (χ3v) is 3.22. The van der Waals surface area contributed by atoms with Crippen molar-refractivity contribution < 1.29 is 69.1 Å². The van der Waals surface area contributed by atoms with E-state index in [0.717, 1.165) is 0 Å². The molecule has 0 aromatic carbocycles. The first-order valence-corrected chi connectivity index (χ1v) is 7.05. The normalized spacial score (nSPS) is 14.8. The van der Waals surface area contributed by atoms with E-state index >= 15 is 0 Å². The number of carbonyl (C=O) groups excluding carboxylic acids is 1. The van der Waals surface area contributed by atoms with Crippen LogP contribution in [0.1, 0.15) is 12.8 Å². The monoisotopic (exact) mass is 498 g/mol. The minimum atomic E-state index is -6.08. The van der Waals surface area contributed by atoms with Crippen molar-refractivity contribution in [3.05, 3.63) is 40.5 Å². The van der Waals surface area contributed by atoms with Crippen LogP contribution < -0.4 is 0 Å². The summed E-state index contributed by atoms with van der Waals surface area (Å²) >= 11 is 0. The van der Waals surface area contributed by atoms with Crippen LogP contribution in [-0.2, 0) is 9.47 Å². The highest BCUT2D eigenvalue weighted by atomic mass is 19.4. The van der Waals surface area contributed by atoms with E-state index in [2.05, 4.69) is 9.47 Å². The number of hydrogen-bond acceptors (Lipinski definition) is 11. The van der Waals surface area contributed by atoms with E-state index < -0.39 is 75.1 Å². The maximum atomic E-state index is 13.6. The molecule has 15 nitrogen and oxygen atoms in total. The van der Waals surface area contributed by atoms with Crippen LogP contribution in [0.4, 0.5) is 39.9 Å². The molecule has 2 atom stereocenters. The van der Waals surface area contributed by atoms with Gasteiger partial charge in [-0.25, -0.2) is 4.79 Å². The highest BCUT2D eigenvalue weighted by Gasteiger charge is 2.66. The summed E-state index contributed by atoms with van der Waals surface area (Å²) in [6.07, 6.45) is -29.6. The zero-order valence-corrected chi connectivity index (χ0v) is 14.4. The Balaban J connectivity index is 5.86. The van der Waals surface area contributed by atoms with Crippen molar-refractivity contribution in [2.75, 3.05) is 0 Å². The molecule has 184 valence electrons. The molecule has 0 aliphatic rings. The first kappa shape index (κ1) is 28.3. The standard InChI is InChI=1S/C9H6F8N4O11/c10-6(18(23)24,19(25)26)1-3(8(12,13)14)31-5(22)32-4(9(15,16)17)2-7(11,20(27)28)21(29)30/h3-4H,1-2H2. The van der Waals surface area contributed by atoms with Gasteiger partial charge in [0.1, 0.15) is 19.7 Å². The van der Waals surface area contributed by atoms with E-state index in [1.165, 1.54) is 0 Å². The number of rotatable bonds is 10. The zero-order valence-electron chi connectivity index (χ0n) is 14.4. The summed E-state index contributed by atoms with van der Waals surface area (Å²) in [4.78, 5) is 42.6. The number of halogens is 8. The summed E-state index contributed by atoms with van der Waals surface area (Å²) < 4.78 is 110. The predicted octanol–water partition coefficient (Wildman–Crippen LogP) is 2.13. The van der Waals surface area contributed by atoms with Crippen LogP contribution in [0.2, 0.25) is 0 Å². The lowest BCUT2D eigenvalue weighted by Crippen LogP contribution is -2.50. The quantitative estimate of drug-likeness (QED) is 0.106. The second-order valence-corrected chi connectivity index (χ2v) is 5.42. The summed E-state index contributed by atoms with van der Waals surface area (Å²) in [5.41, 5.74) is 0. The number of alkyl halides is 8. The van der Waals surface area contributed by atoms with Crippen molar-refractivity contribution in [1.29, 1.82) is 0 Å². The molecular weight excluding hydrogens is 492 g/mol. The molecule has 0 rings (SSSR count). The SMILES string of the molecule is O=C(OC(CC(F)([N+](=O)[O-])[N+](=O)[O-])C(F)(F)F)OC(CC(F)([N+](=O)[O-])[N+](=O)[O-])C(F)(F)F. The Morgan fingerprint density at radius 1 is 0.625 bits per heavy atom. The number of nitro groups is 4. The van der Waals surface area contributed by atoms with Crippen LogP contribution in [0.15, 0.2) is 0 Å². The van der Waals surface area contributed by atoms with E-state index in [4.69, 9.17) is 0 Å². The van der Waals surface area contributed by atoms with Crippen LogP contribution in [0.25, 0.3) is 0 Å². The Bertz CT molecular complexity index is 696. The van der Waals surface area contributed by atoms with Crippen molar-refractivity contribution in [2.45, 2.75) is 49.2 Å². The first-order valence-electron chi connectivity index (χ1n) is 7.05. The van der Waals surface area contributed by atoms with Crippen LogP contribution in [0.5, 0.6) is 0 Å². The van der Waals surface area contributed by atoms with Gasteiger partial charge in [0, 0.05) is 0 Å². The van der Waals surface area contributed by atoms with Crippen molar-refractivity contribution in [3.63, 3.8) is 0 Å². The second kappa shape index (κ2) is 9.21. The average Bonchev–Trinajstić information content (AvgIpc) is 2.57. The molecule has 0 amide bonds. The number of ether oxygens (including phenoxy) is 2. The van der Waals surface area contributed by atoms with Gasteiger partial charge in [0.15, 0.2) is 12.8 Å². The largest absolute Gasteiger partial charge is 0.617 e. The lowest BCUT2D eigenvalue weighted by molar-refractivity contribution is -0.833. The highest BCUT2D eigenvalue weighted by Crippen LogP contribution is 2.35. The summed E-state index contributed by atoms with van der Waals surface area (Å²) in [7, 11) is 0. The third-order valence-electron chi connectivity index (χ3n) is 3.22. The number of hydrogen-bond donors (Lipinski definition) is 0. The average molecular weight is 498 g/mol. The predicted molar refractivity (Wildman–Crippen MR) is 72.1 cm³/mol. The van der Waals surface area contributed by atoms with E-state index in [1.807, 2.05) is 0 Å². The molecule has 0 aromatic rings. The van der Waals surface area contributed by atoms with Gasteiger partial charge in [-0.2, -0.15) is 26.3 Å². The van der Waals surface area contributed by atoms with Crippen molar-refractivity contribution in [2.24, 2.45) is 0 Å². The van der Waals surface area contributed by atoms with Gasteiger partial charge in [-0.15, -0.1) is 0 Å². The minimum Gasteiger partial charge on any atom is -0.420 e. The summed E-state index contributed by atoms with van der Waals surface area (Å²) in [5, 5.41) is 41.3. The fourth-order valence-electron chi connectivity index (χ4n) is 1.61. The lowest BCUT2D eigenvalue weighted by atomic mass is 10.2. The minimum absolute atomic E-state index is 2.50. The fourth-order valence-corrected chi connectivity index (χ4v) is 1.61. The Morgan fingerprint density at radius 2 is 0.844 bits per heavy atom. The molecule has 0 N–H and O–H groups in total. The van der Waals surface area contributed by atoms with E-state index in [0.29, 0.717) is 0 Å². The van der Waals surface area contributed by atoms with Crippen molar-refractivity contribution in [1.82, 2.24) is 0 Å². The molecule has 23 heteroatoms. The lowest BCUT2D eigenvalue weighted by Gasteiger charge is -2.24. The van der Waals surface area contributed by atoms with Crippen LogP contribution in [0.3, 0.4) is 0 Å². The maximum absolute atomic E-state index is 13.6. The molecule has 0 spiro atoms. The smallest absolute Gasteiger partial charge is 0.420 e. The van der Waals surface area contributed by atoms with E-state index in [-0.39, 0.29) is 0 Å². The Morgan fingerprint density at radius 3 is 1.00 bits per heavy atom. The molecule has 0 radical (unpaired) electrons. The Kier molecular flexibility index (Phi) is 8.15. The molecule has 0 aliphatic heterocycles. The van der Waals surface area contributed by atoms with Gasteiger partial charge in [-0.05, 0) is 0 Å². The van der Waals surface area contributed by atoms with Crippen molar-refractivity contribution >= 4 is 6.16 Å². The van der Waals surface area contributed by atoms with Gasteiger partial charge in [0.2, 0.25) is 12.2 Å².